The SMILES string of the molecule is Nc1nc(N)nc(N)n1.O=COCCO. The van der Waals surface area contributed by atoms with E-state index >= 15 is 0 Å². The van der Waals surface area contributed by atoms with Crippen LogP contribution in [0, 0.1) is 0 Å². The largest absolute Gasteiger partial charge is 0.465 e. The predicted molar refractivity (Wildman–Crippen MR) is 52.2 cm³/mol. The number of aromatic nitrogens is 3. The van der Waals surface area contributed by atoms with Gasteiger partial charge in [0.2, 0.25) is 17.8 Å². The van der Waals surface area contributed by atoms with Gasteiger partial charge in [0.05, 0.1) is 6.61 Å². The molecule has 84 valence electrons. The second-order valence-electron chi connectivity index (χ2n) is 2.10. The van der Waals surface area contributed by atoms with Gasteiger partial charge in [-0.1, -0.05) is 0 Å². The zero-order chi connectivity index (χ0) is 11.7. The van der Waals surface area contributed by atoms with E-state index in [2.05, 4.69) is 19.7 Å². The van der Waals surface area contributed by atoms with Gasteiger partial charge in [0.1, 0.15) is 6.61 Å². The maximum atomic E-state index is 9.23. The number of hydrogen-bond donors (Lipinski definition) is 4. The summed E-state index contributed by atoms with van der Waals surface area (Å²) in [6.45, 7) is 0.304. The van der Waals surface area contributed by atoms with Crippen molar-refractivity contribution in [2.24, 2.45) is 0 Å². The lowest BCUT2D eigenvalue weighted by Gasteiger charge is -1.93. The van der Waals surface area contributed by atoms with Crippen LogP contribution in [0.2, 0.25) is 0 Å². The van der Waals surface area contributed by atoms with E-state index in [1.807, 2.05) is 0 Å². The smallest absolute Gasteiger partial charge is 0.293 e. The predicted octanol–water partition coefficient (Wildman–Crippen LogP) is -2.23. The Hall–Kier alpha value is -2.16. The number of nitrogens with two attached hydrogens (primary N) is 3. The summed E-state index contributed by atoms with van der Waals surface area (Å²) in [7, 11) is 0. The molecule has 0 aromatic carbocycles. The fraction of sp³-hybridized carbons (Fsp3) is 0.333. The molecule has 9 nitrogen and oxygen atoms in total. The third-order valence-corrected chi connectivity index (χ3v) is 0.964. The van der Waals surface area contributed by atoms with Gasteiger partial charge in [-0.15, -0.1) is 0 Å². The number of carbonyl (C=O) groups is 1. The van der Waals surface area contributed by atoms with E-state index in [1.165, 1.54) is 0 Å². The minimum Gasteiger partial charge on any atom is -0.465 e. The molecule has 15 heavy (non-hydrogen) atoms. The van der Waals surface area contributed by atoms with Gasteiger partial charge in [-0.2, -0.15) is 15.0 Å². The van der Waals surface area contributed by atoms with Gasteiger partial charge < -0.3 is 27.0 Å². The Kier molecular flexibility index (Phi) is 6.22. The molecule has 0 radical (unpaired) electrons. The van der Waals surface area contributed by atoms with Crippen molar-refractivity contribution in [3.8, 4) is 0 Å². The highest BCUT2D eigenvalue weighted by Crippen LogP contribution is 1.97. The molecule has 0 aliphatic heterocycles. The molecule has 1 heterocycles. The van der Waals surface area contributed by atoms with Crippen LogP contribution in [-0.2, 0) is 9.53 Å². The van der Waals surface area contributed by atoms with Crippen LogP contribution in [0.5, 0.6) is 0 Å². The summed E-state index contributed by atoms with van der Waals surface area (Å²) in [5, 5.41) is 7.91. The number of rotatable bonds is 3. The highest BCUT2D eigenvalue weighted by atomic mass is 16.5. The second kappa shape index (κ2) is 7.26. The Bertz CT molecular complexity index is 256. The summed E-state index contributed by atoms with van der Waals surface area (Å²) in [4.78, 5) is 19.7. The lowest BCUT2D eigenvalue weighted by Crippen LogP contribution is -2.05. The molecule has 0 bridgehead atoms. The number of nitrogens with zero attached hydrogens (tertiary/aromatic N) is 3. The Morgan fingerprint density at radius 3 is 1.73 bits per heavy atom. The van der Waals surface area contributed by atoms with Crippen LogP contribution in [0.25, 0.3) is 0 Å². The van der Waals surface area contributed by atoms with Crippen molar-refractivity contribution >= 4 is 24.3 Å². The standard InChI is InChI=1S/C3H6N6.C3H6O3/c4-1-7-2(5)9-3(6)8-1;4-1-2-6-3-5/h(H6,4,5,6,7,8,9);3-4H,1-2H2. The lowest BCUT2D eigenvalue weighted by atomic mass is 10.8. The number of ether oxygens (including phenoxy) is 1. The minimum atomic E-state index is -0.0985. The number of aliphatic hydroxyl groups is 1. The van der Waals surface area contributed by atoms with Crippen molar-refractivity contribution in [3.63, 3.8) is 0 Å². The molecule has 0 fully saturated rings. The van der Waals surface area contributed by atoms with Gasteiger partial charge in [0, 0.05) is 0 Å². The van der Waals surface area contributed by atoms with Crippen LogP contribution < -0.4 is 17.2 Å². The molecule has 0 aliphatic rings. The molecule has 0 atom stereocenters. The zero-order valence-corrected chi connectivity index (χ0v) is 7.83. The van der Waals surface area contributed by atoms with E-state index in [-0.39, 0.29) is 31.1 Å². The highest BCUT2D eigenvalue weighted by molar-refractivity contribution is 5.36. The van der Waals surface area contributed by atoms with Crippen LogP contribution in [0.15, 0.2) is 0 Å². The highest BCUT2D eigenvalue weighted by Gasteiger charge is 1.93. The first kappa shape index (κ1) is 12.8. The van der Waals surface area contributed by atoms with E-state index in [1.54, 1.807) is 0 Å². The van der Waals surface area contributed by atoms with E-state index in [0.29, 0.717) is 6.47 Å². The molecular formula is C6H12N6O3. The molecule has 1 rings (SSSR count). The summed E-state index contributed by atoms with van der Waals surface area (Å²) in [5.41, 5.74) is 15.4. The summed E-state index contributed by atoms with van der Waals surface area (Å²) >= 11 is 0. The first-order valence-corrected chi connectivity index (χ1v) is 3.78. The number of hydrogen-bond acceptors (Lipinski definition) is 9. The van der Waals surface area contributed by atoms with Crippen LogP contribution in [0.1, 0.15) is 0 Å². The minimum absolute atomic E-state index is 0.0417. The van der Waals surface area contributed by atoms with Crippen molar-refractivity contribution in [2.45, 2.75) is 0 Å². The third kappa shape index (κ3) is 6.95. The van der Waals surface area contributed by atoms with E-state index in [9.17, 15) is 4.79 Å². The van der Waals surface area contributed by atoms with Crippen LogP contribution >= 0.6 is 0 Å². The summed E-state index contributed by atoms with van der Waals surface area (Å²) in [6.07, 6.45) is 0. The summed E-state index contributed by atoms with van der Waals surface area (Å²) in [6, 6.07) is 0. The van der Waals surface area contributed by atoms with Gasteiger partial charge in [-0.05, 0) is 0 Å². The van der Waals surface area contributed by atoms with Crippen molar-refractivity contribution in [3.05, 3.63) is 0 Å². The van der Waals surface area contributed by atoms with Crippen molar-refractivity contribution in [1.29, 1.82) is 0 Å². The maximum Gasteiger partial charge on any atom is 0.293 e. The Morgan fingerprint density at radius 1 is 1.13 bits per heavy atom. The molecule has 0 saturated carbocycles. The molecule has 7 N–H and O–H groups in total. The maximum absolute atomic E-state index is 9.23. The second-order valence-corrected chi connectivity index (χ2v) is 2.10. The summed E-state index contributed by atoms with van der Waals surface area (Å²) < 4.78 is 4.05. The molecule has 0 unspecified atom stereocenters. The quantitative estimate of drug-likeness (QED) is 0.323. The lowest BCUT2D eigenvalue weighted by molar-refractivity contribution is -0.129. The molecule has 9 heteroatoms. The molecule has 1 aromatic rings. The first-order valence-electron chi connectivity index (χ1n) is 3.78. The monoisotopic (exact) mass is 216 g/mol. The normalized spacial score (nSPS) is 8.60. The third-order valence-electron chi connectivity index (χ3n) is 0.964. The van der Waals surface area contributed by atoms with Crippen molar-refractivity contribution in [1.82, 2.24) is 15.0 Å². The van der Waals surface area contributed by atoms with Crippen LogP contribution in [0.3, 0.4) is 0 Å². The first-order chi connectivity index (χ1) is 7.10. The average molecular weight is 216 g/mol. The van der Waals surface area contributed by atoms with Crippen LogP contribution in [-0.4, -0.2) is 39.7 Å². The Morgan fingerprint density at radius 2 is 1.53 bits per heavy atom. The van der Waals surface area contributed by atoms with E-state index in [0.717, 1.165) is 0 Å². The summed E-state index contributed by atoms with van der Waals surface area (Å²) in [5.74, 6) is 0.125. The van der Waals surface area contributed by atoms with Gasteiger partial charge in [-0.25, -0.2) is 0 Å². The number of anilines is 3. The van der Waals surface area contributed by atoms with Gasteiger partial charge in [0.25, 0.3) is 6.47 Å². The average Bonchev–Trinajstić information content (AvgIpc) is 2.13. The zero-order valence-electron chi connectivity index (χ0n) is 7.83. The van der Waals surface area contributed by atoms with E-state index in [4.69, 9.17) is 22.3 Å². The molecular weight excluding hydrogens is 204 g/mol. The fourth-order valence-corrected chi connectivity index (χ4v) is 0.528. The fourth-order valence-electron chi connectivity index (χ4n) is 0.528. The van der Waals surface area contributed by atoms with Crippen LogP contribution in [0.4, 0.5) is 17.8 Å². The molecule has 1 aromatic heterocycles. The topological polar surface area (TPSA) is 163 Å². The van der Waals surface area contributed by atoms with Gasteiger partial charge >= 0.3 is 0 Å². The molecule has 0 saturated heterocycles. The Balaban J connectivity index is 0.000000288. The number of aliphatic hydroxyl groups excluding tert-OH is 1. The Labute approximate surface area is 85.3 Å². The number of nitrogen functional groups attached to an aromatic ring is 3. The van der Waals surface area contributed by atoms with Gasteiger partial charge in [-0.3, -0.25) is 4.79 Å². The molecule has 0 amide bonds. The van der Waals surface area contributed by atoms with E-state index < -0.39 is 0 Å². The molecule has 0 spiro atoms. The number of carbonyl (C=O) groups excluding carboxylic acids is 1. The molecule has 0 aliphatic carbocycles. The van der Waals surface area contributed by atoms with Crippen molar-refractivity contribution in [2.75, 3.05) is 30.4 Å². The van der Waals surface area contributed by atoms with Gasteiger partial charge in [0.15, 0.2) is 0 Å². The van der Waals surface area contributed by atoms with Crippen molar-refractivity contribution < 1.29 is 14.6 Å².